The Morgan fingerprint density at radius 1 is 1.00 bits per heavy atom. The van der Waals surface area contributed by atoms with E-state index < -0.39 is 37.2 Å². The molecular weight excluding hydrogens is 432 g/mol. The lowest BCUT2D eigenvalue weighted by Gasteiger charge is -2.08. The zero-order valence-corrected chi connectivity index (χ0v) is 16.4. The monoisotopic (exact) mass is 446 g/mol. The number of non-ortho nitro benzene ring substituents is 1. The van der Waals surface area contributed by atoms with Crippen LogP contribution in [0.5, 0.6) is 0 Å². The molecule has 0 aliphatic carbocycles. The standard InChI is InChI=1S/C18H14N4O8S/c23-18(16-8-5-13(21(24)25)10-17(16)22(26)27)20-12-3-6-15(7-4-12)31(28,29)19-11-14-2-1-9-30-14/h1-10,19H,11H2,(H,20,23). The van der Waals surface area contributed by atoms with Gasteiger partial charge in [0, 0.05) is 11.8 Å². The molecule has 0 bridgehead atoms. The number of nitrogens with one attached hydrogen (secondary N) is 2. The van der Waals surface area contributed by atoms with Gasteiger partial charge in [-0.25, -0.2) is 13.1 Å². The molecule has 0 unspecified atom stereocenters. The van der Waals surface area contributed by atoms with E-state index in [4.69, 9.17) is 4.42 Å². The second-order valence-electron chi connectivity index (χ2n) is 6.10. The van der Waals surface area contributed by atoms with Crippen LogP contribution in [-0.2, 0) is 16.6 Å². The van der Waals surface area contributed by atoms with Crippen LogP contribution in [-0.4, -0.2) is 24.2 Å². The van der Waals surface area contributed by atoms with Gasteiger partial charge in [0.2, 0.25) is 10.0 Å². The quantitative estimate of drug-likeness (QED) is 0.392. The minimum atomic E-state index is -3.84. The van der Waals surface area contributed by atoms with Gasteiger partial charge in [0.15, 0.2) is 0 Å². The first-order valence-corrected chi connectivity index (χ1v) is 10.0. The number of carbonyl (C=O) groups excluding carboxylic acids is 1. The van der Waals surface area contributed by atoms with Gasteiger partial charge < -0.3 is 9.73 Å². The number of hydrogen-bond donors (Lipinski definition) is 2. The van der Waals surface area contributed by atoms with E-state index in [-0.39, 0.29) is 22.7 Å². The largest absolute Gasteiger partial charge is 0.468 e. The molecule has 0 saturated heterocycles. The summed E-state index contributed by atoms with van der Waals surface area (Å²) < 4.78 is 32.1. The molecule has 0 atom stereocenters. The smallest absolute Gasteiger partial charge is 0.289 e. The van der Waals surface area contributed by atoms with Crippen LogP contribution in [0.1, 0.15) is 16.1 Å². The van der Waals surface area contributed by atoms with Crippen LogP contribution in [0.2, 0.25) is 0 Å². The lowest BCUT2D eigenvalue weighted by Crippen LogP contribution is -2.23. The van der Waals surface area contributed by atoms with Crippen molar-refractivity contribution in [2.24, 2.45) is 0 Å². The van der Waals surface area contributed by atoms with Gasteiger partial charge in [0.25, 0.3) is 17.3 Å². The van der Waals surface area contributed by atoms with E-state index >= 15 is 0 Å². The number of anilines is 1. The second kappa shape index (κ2) is 8.73. The molecule has 3 rings (SSSR count). The number of nitrogens with zero attached hydrogens (tertiary/aromatic N) is 2. The van der Waals surface area contributed by atoms with Crippen LogP contribution in [0.15, 0.2) is 70.2 Å². The third kappa shape index (κ3) is 5.09. The van der Waals surface area contributed by atoms with Crippen LogP contribution < -0.4 is 10.0 Å². The molecule has 0 aliphatic heterocycles. The Morgan fingerprint density at radius 2 is 1.71 bits per heavy atom. The van der Waals surface area contributed by atoms with Crippen LogP contribution >= 0.6 is 0 Å². The van der Waals surface area contributed by atoms with E-state index in [1.165, 1.54) is 30.5 Å². The summed E-state index contributed by atoms with van der Waals surface area (Å²) in [5.41, 5.74) is -1.47. The van der Waals surface area contributed by atoms with Crippen LogP contribution in [0, 0.1) is 20.2 Å². The molecule has 0 spiro atoms. The summed E-state index contributed by atoms with van der Waals surface area (Å²) in [4.78, 5) is 32.6. The number of nitro groups is 2. The van der Waals surface area contributed by atoms with Gasteiger partial charge >= 0.3 is 0 Å². The van der Waals surface area contributed by atoms with Crippen molar-refractivity contribution in [3.8, 4) is 0 Å². The number of rotatable bonds is 8. The zero-order valence-electron chi connectivity index (χ0n) is 15.5. The summed E-state index contributed by atoms with van der Waals surface area (Å²) in [6.07, 6.45) is 1.41. The molecule has 12 nitrogen and oxygen atoms in total. The fourth-order valence-corrected chi connectivity index (χ4v) is 3.55. The van der Waals surface area contributed by atoms with Crippen molar-refractivity contribution in [2.75, 3.05) is 5.32 Å². The summed E-state index contributed by atoms with van der Waals surface area (Å²) in [5, 5.41) is 24.4. The Hall–Kier alpha value is -4.10. The van der Waals surface area contributed by atoms with E-state index in [0.29, 0.717) is 11.8 Å². The fraction of sp³-hybridized carbons (Fsp3) is 0.0556. The normalized spacial score (nSPS) is 11.1. The van der Waals surface area contributed by atoms with Crippen molar-refractivity contribution in [1.29, 1.82) is 0 Å². The van der Waals surface area contributed by atoms with Gasteiger partial charge in [-0.15, -0.1) is 0 Å². The molecule has 0 saturated carbocycles. The van der Waals surface area contributed by atoms with Gasteiger partial charge in [-0.3, -0.25) is 25.0 Å². The van der Waals surface area contributed by atoms with E-state index in [2.05, 4.69) is 10.0 Å². The van der Waals surface area contributed by atoms with E-state index in [9.17, 15) is 33.4 Å². The Balaban J connectivity index is 1.74. The number of amides is 1. The molecule has 1 amide bonds. The molecule has 0 aliphatic rings. The van der Waals surface area contributed by atoms with Gasteiger partial charge in [0.05, 0.1) is 33.6 Å². The first kappa shape index (κ1) is 21.6. The molecule has 160 valence electrons. The SMILES string of the molecule is O=C(Nc1ccc(S(=O)(=O)NCc2ccco2)cc1)c1ccc([N+](=O)[O-])cc1[N+](=O)[O-]. The van der Waals surface area contributed by atoms with Crippen LogP contribution in [0.4, 0.5) is 17.1 Å². The van der Waals surface area contributed by atoms with Gasteiger partial charge in [0.1, 0.15) is 11.3 Å². The minimum Gasteiger partial charge on any atom is -0.468 e. The average Bonchev–Trinajstić information content (AvgIpc) is 3.26. The Kier molecular flexibility index (Phi) is 6.08. The molecule has 2 N–H and O–H groups in total. The maximum Gasteiger partial charge on any atom is 0.289 e. The number of hydrogen-bond acceptors (Lipinski definition) is 8. The molecule has 1 aromatic heterocycles. The molecule has 31 heavy (non-hydrogen) atoms. The van der Waals surface area contributed by atoms with Crippen LogP contribution in [0.3, 0.4) is 0 Å². The fourth-order valence-electron chi connectivity index (χ4n) is 2.56. The number of carbonyl (C=O) groups is 1. The Bertz CT molecular complexity index is 1240. The number of furan rings is 1. The average molecular weight is 446 g/mol. The van der Waals surface area contributed by atoms with Gasteiger partial charge in [-0.2, -0.15) is 0 Å². The number of sulfonamides is 1. The summed E-state index contributed by atoms with van der Waals surface area (Å²) in [6.45, 7) is -0.0440. The summed E-state index contributed by atoms with van der Waals surface area (Å²) in [5.74, 6) is -0.453. The topological polar surface area (TPSA) is 175 Å². The third-order valence-corrected chi connectivity index (χ3v) is 5.49. The first-order chi connectivity index (χ1) is 14.7. The van der Waals surface area contributed by atoms with Crippen LogP contribution in [0.25, 0.3) is 0 Å². The highest BCUT2D eigenvalue weighted by molar-refractivity contribution is 7.89. The second-order valence-corrected chi connectivity index (χ2v) is 7.87. The number of benzene rings is 2. The van der Waals surface area contributed by atoms with Crippen molar-refractivity contribution in [3.63, 3.8) is 0 Å². The molecule has 1 heterocycles. The van der Waals surface area contributed by atoms with Gasteiger partial charge in [-0.1, -0.05) is 0 Å². The third-order valence-electron chi connectivity index (χ3n) is 4.07. The predicted molar refractivity (Wildman–Crippen MR) is 107 cm³/mol. The van der Waals surface area contributed by atoms with Crippen molar-refractivity contribution in [2.45, 2.75) is 11.4 Å². The maximum atomic E-state index is 12.4. The molecule has 0 fully saturated rings. The predicted octanol–water partition coefficient (Wildman–Crippen LogP) is 2.83. The molecule has 0 radical (unpaired) electrons. The maximum absolute atomic E-state index is 12.4. The molecule has 13 heteroatoms. The van der Waals surface area contributed by atoms with E-state index in [0.717, 1.165) is 12.1 Å². The minimum absolute atomic E-state index is 0.0440. The number of nitro benzene ring substituents is 2. The first-order valence-electron chi connectivity index (χ1n) is 8.53. The highest BCUT2D eigenvalue weighted by Gasteiger charge is 2.24. The van der Waals surface area contributed by atoms with E-state index in [1.54, 1.807) is 12.1 Å². The summed E-state index contributed by atoms with van der Waals surface area (Å²) in [7, 11) is -3.84. The highest BCUT2D eigenvalue weighted by Crippen LogP contribution is 2.25. The van der Waals surface area contributed by atoms with Crippen molar-refractivity contribution in [1.82, 2.24) is 4.72 Å². The summed E-state index contributed by atoms with van der Waals surface area (Å²) in [6, 6.07) is 11.0. The zero-order chi connectivity index (χ0) is 22.6. The molecule has 3 aromatic rings. The Morgan fingerprint density at radius 3 is 2.29 bits per heavy atom. The summed E-state index contributed by atoms with van der Waals surface area (Å²) >= 11 is 0. The van der Waals surface area contributed by atoms with E-state index in [1.807, 2.05) is 0 Å². The molecular formula is C18H14N4O8S. The van der Waals surface area contributed by atoms with Crippen molar-refractivity contribution >= 4 is 33.0 Å². The lowest BCUT2D eigenvalue weighted by atomic mass is 10.1. The Labute approximate surface area is 174 Å². The highest BCUT2D eigenvalue weighted by atomic mass is 32.2. The lowest BCUT2D eigenvalue weighted by molar-refractivity contribution is -0.394. The molecule has 2 aromatic carbocycles. The van der Waals surface area contributed by atoms with Gasteiger partial charge in [-0.05, 0) is 42.5 Å². The van der Waals surface area contributed by atoms with Crippen molar-refractivity contribution in [3.05, 3.63) is 92.4 Å². The van der Waals surface area contributed by atoms with Crippen molar-refractivity contribution < 1.29 is 27.5 Å².